The Labute approximate surface area is 243 Å². The number of carbonyl (C=O) groups excluding carboxylic acids is 4. The Hall–Kier alpha value is -4.91. The number of amides is 2. The lowest BCUT2D eigenvalue weighted by molar-refractivity contribution is -0.122. The van der Waals surface area contributed by atoms with E-state index in [0.29, 0.717) is 64.7 Å². The number of para-hydroxylation sites is 1. The lowest BCUT2D eigenvalue weighted by atomic mass is 9.85. The van der Waals surface area contributed by atoms with Crippen LogP contribution in [0.25, 0.3) is 22.2 Å². The number of benzene rings is 3. The maximum Gasteiger partial charge on any atom is 0.339 e. The minimum Gasteiger partial charge on any atom is -0.450 e. The minimum atomic E-state index is -0.908. The first-order valence-corrected chi connectivity index (χ1v) is 14.3. The average Bonchev–Trinajstić information content (AvgIpc) is 3.29. The van der Waals surface area contributed by atoms with Crippen LogP contribution >= 0.6 is 0 Å². The van der Waals surface area contributed by atoms with Crippen LogP contribution in [0, 0.1) is 11.8 Å². The van der Waals surface area contributed by atoms with Crippen molar-refractivity contribution < 1.29 is 23.9 Å². The van der Waals surface area contributed by atoms with E-state index in [2.05, 4.69) is 0 Å². The Morgan fingerprint density at radius 1 is 0.881 bits per heavy atom. The Balaban J connectivity index is 1.30. The van der Waals surface area contributed by atoms with E-state index < -0.39 is 12.1 Å². The Morgan fingerprint density at radius 2 is 1.52 bits per heavy atom. The Kier molecular flexibility index (Phi) is 7.48. The highest BCUT2D eigenvalue weighted by atomic mass is 16.5. The summed E-state index contributed by atoms with van der Waals surface area (Å²) in [5, 5.41) is 0.620. The number of Topliss-reactive ketones (excluding diaryl/α,β-unsaturated/α-hetero) is 1. The molecule has 0 saturated carbocycles. The predicted molar refractivity (Wildman–Crippen MR) is 160 cm³/mol. The van der Waals surface area contributed by atoms with Gasteiger partial charge in [0.2, 0.25) is 17.6 Å². The molecule has 7 nitrogen and oxygen atoms in total. The number of nitrogens with zero attached hydrogens (tertiary/aromatic N) is 2. The zero-order chi connectivity index (χ0) is 29.2. The number of ether oxygens (including phenoxy) is 1. The second-order valence-corrected chi connectivity index (χ2v) is 10.7. The quantitative estimate of drug-likeness (QED) is 0.105. The molecule has 2 amide bonds. The van der Waals surface area contributed by atoms with Gasteiger partial charge >= 0.3 is 5.97 Å². The van der Waals surface area contributed by atoms with Gasteiger partial charge in [-0.05, 0) is 43.5 Å². The van der Waals surface area contributed by atoms with E-state index in [9.17, 15) is 19.2 Å². The Bertz CT molecular complexity index is 1680. The van der Waals surface area contributed by atoms with Gasteiger partial charge in [0.15, 0.2) is 6.10 Å². The predicted octanol–water partition coefficient (Wildman–Crippen LogP) is 6.57. The molecule has 42 heavy (non-hydrogen) atoms. The summed E-state index contributed by atoms with van der Waals surface area (Å²) >= 11 is 0. The third kappa shape index (κ3) is 5.02. The summed E-state index contributed by atoms with van der Waals surface area (Å²) in [7, 11) is 0. The van der Waals surface area contributed by atoms with E-state index in [1.165, 1.54) is 4.90 Å². The molecule has 0 spiro atoms. The summed E-state index contributed by atoms with van der Waals surface area (Å²) in [6.07, 6.45) is 5.27. The van der Waals surface area contributed by atoms with Crippen molar-refractivity contribution >= 4 is 40.2 Å². The number of anilines is 1. The molecule has 0 bridgehead atoms. The molecule has 2 aliphatic rings. The lowest BCUT2D eigenvalue weighted by Gasteiger charge is -2.18. The fourth-order valence-electron chi connectivity index (χ4n) is 5.81. The molecular weight excluding hydrogens is 528 g/mol. The molecule has 1 aliphatic heterocycles. The zero-order valence-corrected chi connectivity index (χ0v) is 23.2. The summed E-state index contributed by atoms with van der Waals surface area (Å²) in [6, 6.07) is 24.9. The molecule has 1 aliphatic carbocycles. The number of ketones is 1. The van der Waals surface area contributed by atoms with Crippen molar-refractivity contribution in [1.29, 1.82) is 0 Å². The summed E-state index contributed by atoms with van der Waals surface area (Å²) in [5.74, 6) is -1.77. The van der Waals surface area contributed by atoms with Gasteiger partial charge in [-0.15, -0.1) is 0 Å². The van der Waals surface area contributed by atoms with Crippen LogP contribution in [0.3, 0.4) is 0 Å². The van der Waals surface area contributed by atoms with Gasteiger partial charge < -0.3 is 4.74 Å². The summed E-state index contributed by atoms with van der Waals surface area (Å²) in [4.78, 5) is 58.9. The number of hydrogen-bond donors (Lipinski definition) is 0. The number of carbonyl (C=O) groups is 4. The first kappa shape index (κ1) is 27.3. The standard InChI is InChI=1S/C35H30N2O5/c1-2-10-31(32(38)23-11-4-3-5-12-23)42-35(41)28-21-30(36-29-16-9-8-13-25(28)29)22-17-19-24(20-18-22)37-33(39)26-14-6-7-15-27(26)34(37)40/h3-9,11-13,16-21,26-27,31H,2,10,14-15H2,1H3. The van der Waals surface area contributed by atoms with E-state index >= 15 is 0 Å². The van der Waals surface area contributed by atoms with Gasteiger partial charge in [-0.2, -0.15) is 0 Å². The highest BCUT2D eigenvalue weighted by Crippen LogP contribution is 2.38. The molecule has 3 atom stereocenters. The molecule has 210 valence electrons. The topological polar surface area (TPSA) is 93.6 Å². The van der Waals surface area contributed by atoms with Crippen LogP contribution in [-0.2, 0) is 14.3 Å². The zero-order valence-electron chi connectivity index (χ0n) is 23.2. The van der Waals surface area contributed by atoms with Crippen molar-refractivity contribution in [2.24, 2.45) is 11.8 Å². The minimum absolute atomic E-state index is 0.164. The first-order chi connectivity index (χ1) is 20.5. The summed E-state index contributed by atoms with van der Waals surface area (Å²) in [5.41, 5.74) is 3.17. The molecule has 3 unspecified atom stereocenters. The second-order valence-electron chi connectivity index (χ2n) is 10.7. The highest BCUT2D eigenvalue weighted by Gasteiger charge is 2.47. The van der Waals surface area contributed by atoms with Gasteiger partial charge in [0.25, 0.3) is 0 Å². The number of esters is 1. The molecule has 0 radical (unpaired) electrons. The van der Waals surface area contributed by atoms with Gasteiger partial charge in [-0.25, -0.2) is 9.78 Å². The van der Waals surface area contributed by atoms with Crippen molar-refractivity contribution in [1.82, 2.24) is 4.98 Å². The SMILES string of the molecule is CCCC(OC(=O)c1cc(-c2ccc(N3C(=O)C4CC=CCC4C3=O)cc2)nc2ccccc12)C(=O)c1ccccc1. The molecule has 0 N–H and O–H groups in total. The monoisotopic (exact) mass is 558 g/mol. The van der Waals surface area contributed by atoms with E-state index in [1.54, 1.807) is 60.7 Å². The Morgan fingerprint density at radius 3 is 2.19 bits per heavy atom. The summed E-state index contributed by atoms with van der Waals surface area (Å²) in [6.45, 7) is 1.94. The maximum absolute atomic E-state index is 13.6. The molecule has 1 saturated heterocycles. The molecule has 1 fully saturated rings. The van der Waals surface area contributed by atoms with Gasteiger partial charge in [0, 0.05) is 16.5 Å². The van der Waals surface area contributed by atoms with Crippen LogP contribution in [0.5, 0.6) is 0 Å². The molecule has 6 rings (SSSR count). The largest absolute Gasteiger partial charge is 0.450 e. The van der Waals surface area contributed by atoms with Crippen LogP contribution in [0.2, 0.25) is 0 Å². The molecule has 7 heteroatoms. The van der Waals surface area contributed by atoms with Crippen LogP contribution in [-0.4, -0.2) is 34.7 Å². The third-order valence-corrected chi connectivity index (χ3v) is 8.02. The molecular formula is C35H30N2O5. The molecule has 4 aromatic rings. The number of hydrogen-bond acceptors (Lipinski definition) is 6. The second kappa shape index (κ2) is 11.5. The van der Waals surface area contributed by atoms with Crippen molar-refractivity contribution in [3.63, 3.8) is 0 Å². The van der Waals surface area contributed by atoms with E-state index in [1.807, 2.05) is 43.3 Å². The number of rotatable bonds is 8. The normalized spacial score (nSPS) is 18.6. The highest BCUT2D eigenvalue weighted by molar-refractivity contribution is 6.22. The van der Waals surface area contributed by atoms with Crippen molar-refractivity contribution in [2.75, 3.05) is 4.90 Å². The smallest absolute Gasteiger partial charge is 0.339 e. The number of aromatic nitrogens is 1. The van der Waals surface area contributed by atoms with Gasteiger partial charge in [-0.1, -0.05) is 86.2 Å². The first-order valence-electron chi connectivity index (χ1n) is 14.3. The number of fused-ring (bicyclic) bond motifs is 2. The van der Waals surface area contributed by atoms with Crippen LogP contribution in [0.4, 0.5) is 5.69 Å². The van der Waals surface area contributed by atoms with Crippen LogP contribution in [0.15, 0.2) is 97.1 Å². The number of allylic oxidation sites excluding steroid dienone is 2. The third-order valence-electron chi connectivity index (χ3n) is 8.02. The molecule has 3 aromatic carbocycles. The fraction of sp³-hybridized carbons (Fsp3) is 0.229. The van der Waals surface area contributed by atoms with E-state index in [4.69, 9.17) is 9.72 Å². The van der Waals surface area contributed by atoms with Crippen molar-refractivity contribution in [3.8, 4) is 11.3 Å². The van der Waals surface area contributed by atoms with E-state index in [0.717, 1.165) is 0 Å². The average molecular weight is 559 g/mol. The van der Waals surface area contributed by atoms with Gasteiger partial charge in [-0.3, -0.25) is 19.3 Å². The van der Waals surface area contributed by atoms with Gasteiger partial charge in [0.1, 0.15) is 0 Å². The lowest BCUT2D eigenvalue weighted by Crippen LogP contribution is -2.30. The van der Waals surface area contributed by atoms with Crippen LogP contribution in [0.1, 0.15) is 53.3 Å². The summed E-state index contributed by atoms with van der Waals surface area (Å²) < 4.78 is 5.85. The van der Waals surface area contributed by atoms with Crippen molar-refractivity contribution in [2.45, 2.75) is 38.7 Å². The van der Waals surface area contributed by atoms with E-state index in [-0.39, 0.29) is 29.4 Å². The van der Waals surface area contributed by atoms with Gasteiger partial charge in [0.05, 0.1) is 34.3 Å². The van der Waals surface area contributed by atoms with Crippen LogP contribution < -0.4 is 4.90 Å². The molecule has 1 aromatic heterocycles. The maximum atomic E-state index is 13.6. The number of imide groups is 1. The fourth-order valence-corrected chi connectivity index (χ4v) is 5.81. The molecule has 2 heterocycles. The number of pyridine rings is 1. The van der Waals surface area contributed by atoms with Crippen molar-refractivity contribution in [3.05, 3.63) is 108 Å².